The Balaban J connectivity index is 1.83. The van der Waals surface area contributed by atoms with Gasteiger partial charge in [-0.15, -0.1) is 0 Å². The van der Waals surface area contributed by atoms with Crippen LogP contribution in [0.25, 0.3) is 0 Å². The van der Waals surface area contributed by atoms with Crippen molar-refractivity contribution in [2.45, 2.75) is 186 Å². The van der Waals surface area contributed by atoms with E-state index in [0.29, 0.717) is 25.2 Å². The number of methoxy groups -OCH3 is 2. The number of para-hydroxylation sites is 1. The first-order chi connectivity index (χ1) is 29.5. The van der Waals surface area contributed by atoms with Crippen LogP contribution in [0.2, 0.25) is 0 Å². The first-order valence-electron chi connectivity index (χ1n) is 22.8. The molecule has 1 aromatic carbocycles. The topological polar surface area (TPSA) is 197 Å². The average Bonchev–Trinajstić information content (AvgIpc) is 3.24. The summed E-state index contributed by atoms with van der Waals surface area (Å²) in [4.78, 5) is 22.4. The van der Waals surface area contributed by atoms with Crippen LogP contribution in [0.1, 0.15) is 101 Å². The molecule has 2 unspecified atom stereocenters. The Morgan fingerprint density at radius 1 is 0.857 bits per heavy atom. The van der Waals surface area contributed by atoms with Gasteiger partial charge in [-0.1, -0.05) is 51.0 Å². The number of carbonyl (C=O) groups is 1. The van der Waals surface area contributed by atoms with E-state index in [9.17, 15) is 25.2 Å². The summed E-state index contributed by atoms with van der Waals surface area (Å²) in [6, 6.07) is 9.18. The van der Waals surface area contributed by atoms with Crippen LogP contribution in [0.3, 0.4) is 0 Å². The Bertz CT molecular complexity index is 1590. The Morgan fingerprint density at radius 2 is 1.51 bits per heavy atom. The molecule has 1 aromatic rings. The second-order valence-corrected chi connectivity index (χ2v) is 19.1. The molecule has 3 aliphatic heterocycles. The highest BCUT2D eigenvalue weighted by atomic mass is 16.7. The fraction of sp³-hybridized carbons (Fsp3) is 0.830. The van der Waals surface area contributed by atoms with Gasteiger partial charge in [0.05, 0.1) is 60.0 Å². The number of aliphatic hydroxyl groups excluding tert-OH is 3. The molecular formula is C47H80N2O14. The molecule has 0 radical (unpaired) electrons. The lowest BCUT2D eigenvalue weighted by Crippen LogP contribution is -2.61. The fourth-order valence-electron chi connectivity index (χ4n) is 9.72. The van der Waals surface area contributed by atoms with Gasteiger partial charge in [-0.25, -0.2) is 0 Å². The van der Waals surface area contributed by atoms with Crippen molar-refractivity contribution in [3.8, 4) is 5.75 Å². The second-order valence-electron chi connectivity index (χ2n) is 19.1. The largest absolute Gasteiger partial charge is 0.493 e. The lowest BCUT2D eigenvalue weighted by molar-refractivity contribution is -0.319. The predicted octanol–water partition coefficient (Wildman–Crippen LogP) is 4.71. The van der Waals surface area contributed by atoms with Crippen LogP contribution in [0, 0.1) is 23.7 Å². The van der Waals surface area contributed by atoms with Gasteiger partial charge < -0.3 is 68.1 Å². The molecule has 3 fully saturated rings. The molecule has 0 aliphatic carbocycles. The summed E-state index contributed by atoms with van der Waals surface area (Å²) in [5.74, 6) is -2.92. The molecule has 16 heteroatoms. The van der Waals surface area contributed by atoms with E-state index in [1.165, 1.54) is 14.0 Å². The van der Waals surface area contributed by atoms with Crippen molar-refractivity contribution in [1.82, 2.24) is 4.90 Å². The van der Waals surface area contributed by atoms with Gasteiger partial charge in [0.25, 0.3) is 0 Å². The SMILES string of the molecule is CC[C@H]1OC(=O)[C@H](C)[C@@H](OC2C[C@@](C)(OC)[C@@H](O)[C@H](C)O2)[C@H](C)[C@@H](O[C@@H]2O[C@H](C)C[C@H](N(C)C)[C@H]2O)C(C)(OC)C[C@@H](C)/C(=N\OCCCOc2ccccc2)[C@H](C)[C@@H](O)[C@]1(C)O. The Morgan fingerprint density at radius 3 is 2.11 bits per heavy atom. The van der Waals surface area contributed by atoms with Crippen LogP contribution >= 0.6 is 0 Å². The van der Waals surface area contributed by atoms with Crippen molar-refractivity contribution in [2.75, 3.05) is 41.5 Å². The summed E-state index contributed by atoms with van der Waals surface area (Å²) in [5, 5.41) is 51.7. The zero-order valence-corrected chi connectivity index (χ0v) is 40.3. The summed E-state index contributed by atoms with van der Waals surface area (Å²) in [6.07, 6.45) is -7.91. The van der Waals surface area contributed by atoms with E-state index in [1.54, 1.807) is 41.7 Å². The minimum Gasteiger partial charge on any atom is -0.493 e. The van der Waals surface area contributed by atoms with E-state index < -0.39 is 102 Å². The fourth-order valence-corrected chi connectivity index (χ4v) is 9.72. The van der Waals surface area contributed by atoms with E-state index in [-0.39, 0.29) is 38.0 Å². The summed E-state index contributed by atoms with van der Waals surface area (Å²) in [6.45, 7) is 18.4. The Kier molecular flexibility index (Phi) is 19.2. The highest BCUT2D eigenvalue weighted by Crippen LogP contribution is 2.42. The highest BCUT2D eigenvalue weighted by molar-refractivity contribution is 5.88. The van der Waals surface area contributed by atoms with Gasteiger partial charge in [0.15, 0.2) is 12.6 Å². The zero-order chi connectivity index (χ0) is 47.0. The maximum Gasteiger partial charge on any atom is 0.311 e. The number of esters is 1. The molecule has 4 rings (SSSR count). The van der Waals surface area contributed by atoms with Gasteiger partial charge in [0, 0.05) is 50.9 Å². The quantitative estimate of drug-likeness (QED) is 0.114. The van der Waals surface area contributed by atoms with Gasteiger partial charge in [0.2, 0.25) is 0 Å². The number of benzene rings is 1. The first kappa shape index (κ1) is 53.1. The molecule has 0 bridgehead atoms. The molecule has 0 aromatic heterocycles. The van der Waals surface area contributed by atoms with Crippen LogP contribution in [0.4, 0.5) is 0 Å². The monoisotopic (exact) mass is 897 g/mol. The molecule has 4 N–H and O–H groups in total. The third-order valence-corrected chi connectivity index (χ3v) is 13.9. The summed E-state index contributed by atoms with van der Waals surface area (Å²) in [5.41, 5.74) is -3.74. The van der Waals surface area contributed by atoms with E-state index >= 15 is 0 Å². The second kappa shape index (κ2) is 22.8. The number of cyclic esters (lactones) is 1. The van der Waals surface area contributed by atoms with Crippen molar-refractivity contribution in [3.63, 3.8) is 0 Å². The number of hydrogen-bond acceptors (Lipinski definition) is 16. The van der Waals surface area contributed by atoms with E-state index in [1.807, 2.05) is 77.0 Å². The number of aliphatic hydroxyl groups is 4. The van der Waals surface area contributed by atoms with Crippen LogP contribution in [-0.4, -0.2) is 163 Å². The van der Waals surface area contributed by atoms with Gasteiger partial charge >= 0.3 is 5.97 Å². The van der Waals surface area contributed by atoms with Crippen LogP contribution in [-0.2, 0) is 42.8 Å². The van der Waals surface area contributed by atoms with Crippen LogP contribution < -0.4 is 4.74 Å². The molecule has 0 saturated carbocycles. The molecule has 18 atom stereocenters. The van der Waals surface area contributed by atoms with Crippen molar-refractivity contribution in [2.24, 2.45) is 28.8 Å². The smallest absolute Gasteiger partial charge is 0.311 e. The van der Waals surface area contributed by atoms with Crippen molar-refractivity contribution >= 4 is 11.7 Å². The summed E-state index contributed by atoms with van der Waals surface area (Å²) < 4.78 is 50.7. The van der Waals surface area contributed by atoms with E-state index in [4.69, 9.17) is 42.7 Å². The summed E-state index contributed by atoms with van der Waals surface area (Å²) >= 11 is 0. The van der Waals surface area contributed by atoms with Crippen molar-refractivity contribution in [1.29, 1.82) is 0 Å². The number of oxime groups is 1. The van der Waals surface area contributed by atoms with Gasteiger partial charge in [-0.3, -0.25) is 4.79 Å². The zero-order valence-electron chi connectivity index (χ0n) is 40.3. The Labute approximate surface area is 375 Å². The molecule has 63 heavy (non-hydrogen) atoms. The van der Waals surface area contributed by atoms with Crippen LogP contribution in [0.15, 0.2) is 35.5 Å². The highest BCUT2D eigenvalue weighted by Gasteiger charge is 2.54. The maximum absolute atomic E-state index is 14.5. The molecule has 0 spiro atoms. The number of carbonyl (C=O) groups excluding carboxylic acids is 1. The number of hydrogen-bond donors (Lipinski definition) is 4. The average molecular weight is 897 g/mol. The molecule has 3 heterocycles. The molecule has 3 aliphatic rings. The number of rotatable bonds is 14. The number of likely N-dealkylation sites (N-methyl/N-ethyl adjacent to an activating group) is 1. The first-order valence-corrected chi connectivity index (χ1v) is 22.8. The van der Waals surface area contributed by atoms with Gasteiger partial charge in [0.1, 0.15) is 36.3 Å². The van der Waals surface area contributed by atoms with Crippen LogP contribution in [0.5, 0.6) is 5.75 Å². The van der Waals surface area contributed by atoms with Gasteiger partial charge in [-0.05, 0) is 87.0 Å². The van der Waals surface area contributed by atoms with Crippen molar-refractivity contribution in [3.05, 3.63) is 30.3 Å². The molecule has 362 valence electrons. The Hall–Kier alpha value is -2.48. The minimum absolute atomic E-state index is 0.130. The normalized spacial score (nSPS) is 43.0. The molecule has 3 saturated heterocycles. The summed E-state index contributed by atoms with van der Waals surface area (Å²) in [7, 11) is 6.89. The van der Waals surface area contributed by atoms with Crippen molar-refractivity contribution < 1.29 is 68.0 Å². The minimum atomic E-state index is -1.93. The van der Waals surface area contributed by atoms with E-state index in [2.05, 4.69) is 5.16 Å². The lowest BCUT2D eigenvalue weighted by Gasteiger charge is -2.50. The predicted molar refractivity (Wildman–Crippen MR) is 236 cm³/mol. The van der Waals surface area contributed by atoms with Gasteiger partial charge in [-0.2, -0.15) is 0 Å². The number of ether oxygens (including phenoxy) is 8. The number of nitrogens with zero attached hydrogens (tertiary/aromatic N) is 2. The molecular weight excluding hydrogens is 817 g/mol. The standard InChI is InChI=1S/C47H80N2O14/c1-15-35-47(10,54)40(51)29(4)37(48-58-23-19-22-57-33-20-17-16-18-21-33)27(2)25-46(9,56-14)42(63-44-38(50)34(49(11)12)24-28(3)59-44)30(5)39(31(6)43(53)61-35)62-36-26-45(8,55-13)41(52)32(7)60-36/h16-18,20-21,27-32,34-36,38-42,44,50-52,54H,15,19,22-26H2,1-14H3/b48-37+/t27-,28-,29+,30+,31-,32+,34+,35-,36?,38-,39+,40-,41+,42-,44+,45-,46?,47-/m1/s1. The third kappa shape index (κ3) is 12.7. The molecule has 0 amide bonds. The lowest BCUT2D eigenvalue weighted by atomic mass is 9.73. The van der Waals surface area contributed by atoms with E-state index in [0.717, 1.165) is 5.75 Å². The maximum atomic E-state index is 14.5. The molecule has 16 nitrogen and oxygen atoms in total. The third-order valence-electron chi connectivity index (χ3n) is 13.9.